The van der Waals surface area contributed by atoms with Crippen molar-refractivity contribution < 1.29 is 9.53 Å². The molecule has 0 amide bonds. The highest BCUT2D eigenvalue weighted by Crippen LogP contribution is 2.43. The van der Waals surface area contributed by atoms with Crippen LogP contribution < -0.4 is 5.32 Å². The van der Waals surface area contributed by atoms with Crippen LogP contribution in [0.25, 0.3) is 0 Å². The number of nitrogens with one attached hydrogen (secondary N) is 1. The monoisotopic (exact) mass is 325 g/mol. The van der Waals surface area contributed by atoms with Crippen LogP contribution in [0.3, 0.4) is 0 Å². The van der Waals surface area contributed by atoms with Crippen LogP contribution in [0, 0.1) is 0 Å². The van der Waals surface area contributed by atoms with E-state index in [2.05, 4.69) is 24.1 Å². The maximum Gasteiger partial charge on any atom is 0.357 e. The number of nitrogens with zero attached hydrogens (tertiary/aromatic N) is 2. The van der Waals surface area contributed by atoms with Gasteiger partial charge in [0.25, 0.3) is 0 Å². The molecule has 7 heteroatoms. The lowest BCUT2D eigenvalue weighted by Crippen LogP contribution is -2.24. The average molecular weight is 325 g/mol. The molecule has 3 atom stereocenters. The molecule has 0 aromatic carbocycles. The van der Waals surface area contributed by atoms with E-state index in [0.717, 1.165) is 22.8 Å². The molecule has 0 aliphatic carbocycles. The predicted octanol–water partition coefficient (Wildman–Crippen LogP) is 2.16. The zero-order chi connectivity index (χ0) is 15.0. The van der Waals surface area contributed by atoms with Crippen molar-refractivity contribution in [2.75, 3.05) is 12.9 Å². The van der Waals surface area contributed by atoms with Crippen LogP contribution in [0.5, 0.6) is 0 Å². The van der Waals surface area contributed by atoms with Crippen LogP contribution in [-0.2, 0) is 17.8 Å². The highest BCUT2D eigenvalue weighted by molar-refractivity contribution is 8.07. The molecule has 21 heavy (non-hydrogen) atoms. The number of hydrogen-bond acceptors (Lipinski definition) is 7. The molecule has 5 nitrogen and oxygen atoms in total. The Morgan fingerprint density at radius 2 is 2.10 bits per heavy atom. The minimum absolute atomic E-state index is 0.246. The first-order valence-corrected chi connectivity index (χ1v) is 9.05. The molecular formula is C14H19N3O2S2. The number of hydrogen-bond donors (Lipinski definition) is 1. The highest BCUT2D eigenvalue weighted by Gasteiger charge is 2.31. The van der Waals surface area contributed by atoms with Crippen molar-refractivity contribution in [3.63, 3.8) is 0 Å². The Hall–Kier alpha value is -0.790. The summed E-state index contributed by atoms with van der Waals surface area (Å²) < 4.78 is 4.87. The van der Waals surface area contributed by atoms with Gasteiger partial charge < -0.3 is 10.1 Å². The SMILES string of the molecule is COC(=O)c1nc(C2CSC(C)C(C)S2)nc2c1CNC2. The van der Waals surface area contributed by atoms with E-state index in [-0.39, 0.29) is 11.2 Å². The summed E-state index contributed by atoms with van der Waals surface area (Å²) in [5.74, 6) is 1.39. The lowest BCUT2D eigenvalue weighted by molar-refractivity contribution is 0.0592. The number of thioether (sulfide) groups is 2. The maximum absolute atomic E-state index is 12.0. The third-order valence-corrected chi connectivity index (χ3v) is 7.31. The first-order valence-electron chi connectivity index (χ1n) is 7.06. The number of aromatic nitrogens is 2. The van der Waals surface area contributed by atoms with Gasteiger partial charge in [0.15, 0.2) is 5.69 Å². The van der Waals surface area contributed by atoms with Gasteiger partial charge in [0.1, 0.15) is 5.82 Å². The van der Waals surface area contributed by atoms with Crippen LogP contribution >= 0.6 is 23.5 Å². The molecule has 0 saturated carbocycles. The number of carbonyl (C=O) groups is 1. The second kappa shape index (κ2) is 6.14. The van der Waals surface area contributed by atoms with Crippen molar-refractivity contribution in [1.29, 1.82) is 0 Å². The Bertz CT molecular complexity index is 567. The largest absolute Gasteiger partial charge is 0.464 e. The first-order chi connectivity index (χ1) is 10.1. The summed E-state index contributed by atoms with van der Waals surface area (Å²) in [5, 5.41) is 4.68. The van der Waals surface area contributed by atoms with E-state index in [1.807, 2.05) is 23.5 Å². The van der Waals surface area contributed by atoms with Crippen molar-refractivity contribution in [2.45, 2.75) is 42.7 Å². The number of ether oxygens (including phenoxy) is 1. The smallest absolute Gasteiger partial charge is 0.357 e. The minimum atomic E-state index is -0.367. The molecule has 3 unspecified atom stereocenters. The Labute approximate surface area is 133 Å². The Kier molecular flexibility index (Phi) is 4.42. The summed E-state index contributed by atoms with van der Waals surface area (Å²) in [4.78, 5) is 21.2. The quantitative estimate of drug-likeness (QED) is 0.836. The molecule has 2 aliphatic heterocycles. The van der Waals surface area contributed by atoms with Gasteiger partial charge >= 0.3 is 5.97 Å². The zero-order valence-corrected chi connectivity index (χ0v) is 14.0. The number of methoxy groups -OCH3 is 1. The molecule has 3 rings (SSSR count). The molecule has 114 valence electrons. The van der Waals surface area contributed by atoms with Crippen molar-refractivity contribution in [3.8, 4) is 0 Å². The summed E-state index contributed by atoms with van der Waals surface area (Å²) in [7, 11) is 1.40. The van der Waals surface area contributed by atoms with Gasteiger partial charge in [-0.25, -0.2) is 14.8 Å². The van der Waals surface area contributed by atoms with E-state index in [1.165, 1.54) is 7.11 Å². The van der Waals surface area contributed by atoms with Gasteiger partial charge in [0, 0.05) is 34.9 Å². The summed E-state index contributed by atoms with van der Waals surface area (Å²) in [5.41, 5.74) is 2.26. The Morgan fingerprint density at radius 3 is 2.81 bits per heavy atom. The summed E-state index contributed by atoms with van der Waals surface area (Å²) >= 11 is 3.85. The fourth-order valence-corrected chi connectivity index (χ4v) is 5.36. The second-order valence-corrected chi connectivity index (χ2v) is 8.31. The number of carbonyl (C=O) groups excluding carboxylic acids is 1. The maximum atomic E-state index is 12.0. The van der Waals surface area contributed by atoms with Crippen LogP contribution in [0.1, 0.15) is 46.7 Å². The van der Waals surface area contributed by atoms with Gasteiger partial charge in [-0.3, -0.25) is 0 Å². The van der Waals surface area contributed by atoms with Crippen molar-refractivity contribution in [3.05, 3.63) is 22.8 Å². The molecule has 0 spiro atoms. The van der Waals surface area contributed by atoms with Gasteiger partial charge in [-0.15, -0.1) is 11.8 Å². The standard InChI is InChI=1S/C14H19N3O2S2/c1-7-8(2)21-11(6-20-7)13-16-10-5-15-4-9(10)12(17-13)14(18)19-3/h7-8,11,15H,4-6H2,1-3H3. The van der Waals surface area contributed by atoms with E-state index < -0.39 is 0 Å². The van der Waals surface area contributed by atoms with Crippen LogP contribution in [-0.4, -0.2) is 39.3 Å². The second-order valence-electron chi connectivity index (χ2n) is 5.32. The predicted molar refractivity (Wildman–Crippen MR) is 85.6 cm³/mol. The number of rotatable bonds is 2. The van der Waals surface area contributed by atoms with Crippen molar-refractivity contribution >= 4 is 29.5 Å². The molecule has 1 aromatic heterocycles. The third-order valence-electron chi connectivity index (χ3n) is 3.92. The Balaban J connectivity index is 1.94. The molecule has 1 N–H and O–H groups in total. The molecule has 0 radical (unpaired) electrons. The van der Waals surface area contributed by atoms with Gasteiger partial charge in [-0.1, -0.05) is 13.8 Å². The third kappa shape index (κ3) is 2.91. The lowest BCUT2D eigenvalue weighted by Gasteiger charge is -2.30. The fourth-order valence-electron chi connectivity index (χ4n) is 2.52. The minimum Gasteiger partial charge on any atom is -0.464 e. The van der Waals surface area contributed by atoms with Gasteiger partial charge in [-0.2, -0.15) is 11.8 Å². The van der Waals surface area contributed by atoms with E-state index in [4.69, 9.17) is 9.72 Å². The van der Waals surface area contributed by atoms with Gasteiger partial charge in [0.2, 0.25) is 0 Å². The summed E-state index contributed by atoms with van der Waals surface area (Å²) in [6, 6.07) is 0. The van der Waals surface area contributed by atoms with E-state index in [1.54, 1.807) is 0 Å². The van der Waals surface area contributed by atoms with Crippen molar-refractivity contribution in [1.82, 2.24) is 15.3 Å². The zero-order valence-electron chi connectivity index (χ0n) is 12.4. The average Bonchev–Trinajstić information content (AvgIpc) is 2.96. The first kappa shape index (κ1) is 15.1. The molecule has 2 aliphatic rings. The van der Waals surface area contributed by atoms with Gasteiger partial charge in [-0.05, 0) is 0 Å². The molecular weight excluding hydrogens is 306 g/mol. The molecule has 3 heterocycles. The Morgan fingerprint density at radius 1 is 1.29 bits per heavy atom. The molecule has 1 fully saturated rings. The molecule has 0 bridgehead atoms. The highest BCUT2D eigenvalue weighted by atomic mass is 32.2. The lowest BCUT2D eigenvalue weighted by atomic mass is 10.2. The van der Waals surface area contributed by atoms with Crippen LogP contribution in [0.2, 0.25) is 0 Å². The van der Waals surface area contributed by atoms with Crippen molar-refractivity contribution in [2.24, 2.45) is 0 Å². The molecule has 1 aromatic rings. The van der Waals surface area contributed by atoms with E-state index in [0.29, 0.717) is 29.3 Å². The van der Waals surface area contributed by atoms with Crippen LogP contribution in [0.15, 0.2) is 0 Å². The number of fused-ring (bicyclic) bond motifs is 1. The topological polar surface area (TPSA) is 64.1 Å². The molecule has 1 saturated heterocycles. The van der Waals surface area contributed by atoms with E-state index in [9.17, 15) is 4.79 Å². The summed E-state index contributed by atoms with van der Waals surface area (Å²) in [6.45, 7) is 5.84. The van der Waals surface area contributed by atoms with Crippen LogP contribution in [0.4, 0.5) is 0 Å². The summed E-state index contributed by atoms with van der Waals surface area (Å²) in [6.07, 6.45) is 0. The van der Waals surface area contributed by atoms with Gasteiger partial charge in [0.05, 0.1) is 18.1 Å². The number of esters is 1. The fraction of sp³-hybridized carbons (Fsp3) is 0.643. The normalized spacial score (nSPS) is 28.2. The van der Waals surface area contributed by atoms with E-state index >= 15 is 0 Å².